The summed E-state index contributed by atoms with van der Waals surface area (Å²) in [5.41, 5.74) is 3.91. The van der Waals surface area contributed by atoms with Crippen molar-refractivity contribution in [3.8, 4) is 0 Å². The van der Waals surface area contributed by atoms with E-state index in [1.165, 1.54) is 32.0 Å². The van der Waals surface area contributed by atoms with Crippen molar-refractivity contribution in [2.24, 2.45) is 5.41 Å². The van der Waals surface area contributed by atoms with E-state index >= 15 is 0 Å². The average molecular weight is 351 g/mol. The van der Waals surface area contributed by atoms with E-state index < -0.39 is 5.91 Å². The number of likely N-dealkylation sites (tertiary alicyclic amines) is 1. The van der Waals surface area contributed by atoms with Gasteiger partial charge in [0.2, 0.25) is 0 Å². The molecule has 25 heavy (non-hydrogen) atoms. The van der Waals surface area contributed by atoms with E-state index in [0.717, 1.165) is 17.5 Å². The summed E-state index contributed by atoms with van der Waals surface area (Å²) in [7, 11) is 2.17. The van der Waals surface area contributed by atoms with Crippen LogP contribution < -0.4 is 5.48 Å². The molecule has 1 aromatic carbocycles. The summed E-state index contributed by atoms with van der Waals surface area (Å²) >= 11 is 0. The predicted molar refractivity (Wildman–Crippen MR) is 96.2 cm³/mol. The van der Waals surface area contributed by atoms with E-state index in [0.29, 0.717) is 30.5 Å². The molecule has 0 aromatic heterocycles. The number of rotatable bonds is 3. The third-order valence-electron chi connectivity index (χ3n) is 6.40. The van der Waals surface area contributed by atoms with Gasteiger partial charge in [-0.15, -0.1) is 0 Å². The minimum atomic E-state index is -0.661. The van der Waals surface area contributed by atoms with Crippen LogP contribution in [0.1, 0.15) is 50.5 Å². The fraction of sp³-hybridized carbons (Fsp3) is 0.632. The van der Waals surface area contributed by atoms with Crippen LogP contribution in [-0.2, 0) is 13.0 Å². The van der Waals surface area contributed by atoms with Crippen molar-refractivity contribution in [1.29, 1.82) is 0 Å². The molecular weight excluding hydrogens is 321 g/mol. The van der Waals surface area contributed by atoms with Gasteiger partial charge in [-0.2, -0.15) is 0 Å². The van der Waals surface area contributed by atoms with E-state index in [1.54, 1.807) is 11.5 Å². The zero-order valence-corrected chi connectivity index (χ0v) is 14.9. The molecule has 6 heteroatoms. The first kappa shape index (κ1) is 16.9. The number of hydroxylamine groups is 1. The van der Waals surface area contributed by atoms with Crippen molar-refractivity contribution in [3.05, 3.63) is 34.6 Å². The molecule has 1 saturated heterocycles. The van der Waals surface area contributed by atoms with Gasteiger partial charge in [0.1, 0.15) is 5.82 Å². The van der Waals surface area contributed by atoms with E-state index in [-0.39, 0.29) is 14.2 Å². The normalized spacial score (nSPS) is 26.0. The van der Waals surface area contributed by atoms with Gasteiger partial charge >= 0.3 is 0 Å². The molecule has 1 aliphatic carbocycles. The van der Waals surface area contributed by atoms with Crippen molar-refractivity contribution < 1.29 is 17.2 Å². The Morgan fingerprint density at radius 1 is 1.44 bits per heavy atom. The summed E-state index contributed by atoms with van der Waals surface area (Å²) in [5, 5.41) is 8.83. The lowest BCUT2D eigenvalue weighted by Crippen LogP contribution is -2.66. The summed E-state index contributed by atoms with van der Waals surface area (Å²) in [5.74, 6) is -0.995. The lowest BCUT2D eigenvalue weighted by atomic mass is 9.60. The fourth-order valence-corrected chi connectivity index (χ4v) is 5.28. The second-order valence-electron chi connectivity index (χ2n) is 8.21. The molecule has 1 saturated carbocycles. The third-order valence-corrected chi connectivity index (χ3v) is 6.40. The number of nitrogens with zero attached hydrogens (tertiary/aromatic N) is 2. The number of hydrogen-bond donors (Lipinski definition) is 2. The van der Waals surface area contributed by atoms with E-state index in [9.17, 15) is 9.18 Å². The van der Waals surface area contributed by atoms with Gasteiger partial charge in [0.25, 0.3) is 5.91 Å². The number of fused-ring (bicyclic) bond motifs is 1. The number of hydrogen-bond acceptors (Lipinski definition) is 4. The van der Waals surface area contributed by atoms with Gasteiger partial charge in [-0.1, -0.05) is 6.92 Å². The van der Waals surface area contributed by atoms with Crippen LogP contribution in [-0.4, -0.2) is 53.1 Å². The monoisotopic (exact) mass is 351 g/mol. The third kappa shape index (κ3) is 2.76. The molecule has 2 N–H and O–H groups in total. The number of halogens is 1. The number of amides is 1. The smallest absolute Gasteiger partial charge is 0.274 e. The molecule has 3 aliphatic rings. The van der Waals surface area contributed by atoms with Crippen LogP contribution in [0, 0.1) is 11.2 Å². The van der Waals surface area contributed by atoms with E-state index in [2.05, 4.69) is 23.8 Å². The summed E-state index contributed by atoms with van der Waals surface area (Å²) in [6.07, 6.45) is 4.15. The molecule has 2 aliphatic heterocycles. The Balaban J connectivity index is 0.00000131. The molecule has 0 unspecified atom stereocenters. The van der Waals surface area contributed by atoms with Gasteiger partial charge in [0, 0.05) is 40.1 Å². The Morgan fingerprint density at radius 3 is 2.76 bits per heavy atom. The maximum atomic E-state index is 14.5. The molecule has 1 atom stereocenters. The number of carbonyl (C=O) groups excluding carboxylic acids is 1. The van der Waals surface area contributed by atoms with Crippen molar-refractivity contribution in [1.82, 2.24) is 15.3 Å². The number of benzene rings is 1. The minimum absolute atomic E-state index is 0. The first-order valence-corrected chi connectivity index (χ1v) is 9.15. The highest BCUT2D eigenvalue weighted by Gasteiger charge is 2.53. The van der Waals surface area contributed by atoms with Crippen molar-refractivity contribution >= 4 is 5.91 Å². The largest absolute Gasteiger partial charge is 0.305 e. The predicted octanol–water partition coefficient (Wildman–Crippen LogP) is 2.67. The Hall–Kier alpha value is -1.50. The first-order chi connectivity index (χ1) is 11.9. The average Bonchev–Trinajstić information content (AvgIpc) is 2.54. The van der Waals surface area contributed by atoms with Crippen molar-refractivity contribution in [3.63, 3.8) is 0 Å². The highest BCUT2D eigenvalue weighted by Crippen LogP contribution is 2.51. The SMILES string of the molecule is CC[C@H]1Cc2c(F)cc(C(=O)NO)cc2CN1C1CC2(C1)CN(C)C2.[HH].[HH]. The summed E-state index contributed by atoms with van der Waals surface area (Å²) in [4.78, 5) is 16.6. The molecule has 4 rings (SSSR count). The van der Waals surface area contributed by atoms with Crippen LogP contribution in [0.4, 0.5) is 4.39 Å². The molecule has 0 bridgehead atoms. The molecule has 5 nitrogen and oxygen atoms in total. The molecule has 1 amide bonds. The van der Waals surface area contributed by atoms with Crippen molar-refractivity contribution in [2.75, 3.05) is 20.1 Å². The second-order valence-corrected chi connectivity index (χ2v) is 8.21. The molecule has 1 aromatic rings. The minimum Gasteiger partial charge on any atom is -0.305 e. The lowest BCUT2D eigenvalue weighted by Gasteiger charge is -2.62. The molecule has 1 spiro atoms. The zero-order valence-electron chi connectivity index (χ0n) is 14.9. The summed E-state index contributed by atoms with van der Waals surface area (Å²) < 4.78 is 14.5. The quantitative estimate of drug-likeness (QED) is 0.649. The Kier molecular flexibility index (Phi) is 4.09. The topological polar surface area (TPSA) is 55.8 Å². The van der Waals surface area contributed by atoms with Crippen LogP contribution in [0.2, 0.25) is 0 Å². The van der Waals surface area contributed by atoms with Crippen LogP contribution in [0.25, 0.3) is 0 Å². The molecule has 2 fully saturated rings. The first-order valence-electron chi connectivity index (χ1n) is 9.15. The van der Waals surface area contributed by atoms with Gasteiger partial charge in [-0.3, -0.25) is 14.9 Å². The van der Waals surface area contributed by atoms with Gasteiger partial charge in [0.05, 0.1) is 0 Å². The Labute approximate surface area is 150 Å². The highest BCUT2D eigenvalue weighted by molar-refractivity contribution is 5.93. The second kappa shape index (κ2) is 6.04. The van der Waals surface area contributed by atoms with Gasteiger partial charge < -0.3 is 4.90 Å². The van der Waals surface area contributed by atoms with Gasteiger partial charge in [-0.05, 0) is 61.4 Å². The Bertz CT molecular complexity index is 704. The van der Waals surface area contributed by atoms with Gasteiger partial charge in [0.15, 0.2) is 0 Å². The molecule has 140 valence electrons. The van der Waals surface area contributed by atoms with Crippen molar-refractivity contribution in [2.45, 2.75) is 51.2 Å². The summed E-state index contributed by atoms with van der Waals surface area (Å²) in [6.45, 7) is 5.24. The Morgan fingerprint density at radius 2 is 2.16 bits per heavy atom. The fourth-order valence-electron chi connectivity index (χ4n) is 5.28. The summed E-state index contributed by atoms with van der Waals surface area (Å²) in [6, 6.07) is 3.88. The van der Waals surface area contributed by atoms with E-state index in [4.69, 9.17) is 5.21 Å². The maximum Gasteiger partial charge on any atom is 0.274 e. The van der Waals surface area contributed by atoms with Crippen LogP contribution >= 0.6 is 0 Å². The standard InChI is InChI=1S/C19H26FN3O2.2H2/c1-3-14-6-16-13(4-12(5-17(16)20)18(24)21-25)9-23(14)15-7-19(8-15)10-22(2)11-19;;/h4-5,14-15,25H,3,6-11H2,1-2H3,(H,21,24);2*1H/t14-;;/m0../s1. The van der Waals surface area contributed by atoms with Crippen LogP contribution in [0.15, 0.2) is 12.1 Å². The molecule has 2 heterocycles. The molecular formula is C19H30FN3O2. The number of nitrogens with one attached hydrogen (secondary N) is 1. The zero-order chi connectivity index (χ0) is 17.8. The molecule has 0 radical (unpaired) electrons. The van der Waals surface area contributed by atoms with Crippen LogP contribution in [0.3, 0.4) is 0 Å². The van der Waals surface area contributed by atoms with E-state index in [1.807, 2.05) is 0 Å². The highest BCUT2D eigenvalue weighted by atomic mass is 19.1. The van der Waals surface area contributed by atoms with Gasteiger partial charge in [-0.25, -0.2) is 9.87 Å². The lowest BCUT2D eigenvalue weighted by molar-refractivity contribution is -0.112. The van der Waals surface area contributed by atoms with Crippen LogP contribution in [0.5, 0.6) is 0 Å². The maximum absolute atomic E-state index is 14.5. The number of carbonyl (C=O) groups is 1.